The number of piperidine rings is 1. The third kappa shape index (κ3) is 4.24. The van der Waals surface area contributed by atoms with Crippen LogP contribution in [-0.2, 0) is 11.3 Å². The van der Waals surface area contributed by atoms with Crippen molar-refractivity contribution >= 4 is 5.91 Å². The maximum absolute atomic E-state index is 11.0. The van der Waals surface area contributed by atoms with Gasteiger partial charge in [-0.1, -0.05) is 12.1 Å². The molecule has 1 heterocycles. The average molecular weight is 262 g/mol. The average Bonchev–Trinajstić information content (AvgIpc) is 2.39. The van der Waals surface area contributed by atoms with Gasteiger partial charge in [0.25, 0.3) is 0 Å². The molecule has 1 aliphatic rings. The molecule has 1 atom stereocenters. The van der Waals surface area contributed by atoms with E-state index in [2.05, 4.69) is 17.0 Å². The molecule has 1 aliphatic heterocycles. The number of carbonyl (C=O) groups is 1. The number of hydrogen-bond donors (Lipinski definition) is 1. The molecule has 1 aromatic rings. The Morgan fingerprint density at radius 1 is 1.42 bits per heavy atom. The van der Waals surface area contributed by atoms with Crippen molar-refractivity contribution in [3.63, 3.8) is 0 Å². The second-order valence-corrected chi connectivity index (χ2v) is 5.26. The number of amides is 1. The van der Waals surface area contributed by atoms with Crippen molar-refractivity contribution in [2.45, 2.75) is 25.8 Å². The van der Waals surface area contributed by atoms with Crippen LogP contribution in [0, 0.1) is 5.92 Å². The fourth-order valence-electron chi connectivity index (χ4n) is 2.74. The molecule has 2 rings (SSSR count). The number of primary amides is 1. The van der Waals surface area contributed by atoms with Crippen LogP contribution in [0.4, 0.5) is 0 Å². The van der Waals surface area contributed by atoms with Gasteiger partial charge in [0.1, 0.15) is 5.75 Å². The molecule has 1 aromatic carbocycles. The minimum atomic E-state index is -0.184. The van der Waals surface area contributed by atoms with Gasteiger partial charge >= 0.3 is 0 Å². The number of rotatable bonds is 5. The van der Waals surface area contributed by atoms with Crippen LogP contribution in [0.1, 0.15) is 24.8 Å². The number of methoxy groups -OCH3 is 1. The molecule has 1 unspecified atom stereocenters. The largest absolute Gasteiger partial charge is 0.497 e. The lowest BCUT2D eigenvalue weighted by Crippen LogP contribution is -2.36. The lowest BCUT2D eigenvalue weighted by Gasteiger charge is -2.32. The Balaban J connectivity index is 1.88. The molecule has 19 heavy (non-hydrogen) atoms. The Hall–Kier alpha value is -1.55. The quantitative estimate of drug-likeness (QED) is 0.880. The first kappa shape index (κ1) is 13.9. The number of likely N-dealkylation sites (tertiary alicyclic amines) is 1. The van der Waals surface area contributed by atoms with E-state index in [-0.39, 0.29) is 5.91 Å². The monoisotopic (exact) mass is 262 g/mol. The molecule has 104 valence electrons. The summed E-state index contributed by atoms with van der Waals surface area (Å²) >= 11 is 0. The minimum absolute atomic E-state index is 0.184. The van der Waals surface area contributed by atoms with Gasteiger partial charge in [-0.2, -0.15) is 0 Å². The number of ether oxygens (including phenoxy) is 1. The fourth-order valence-corrected chi connectivity index (χ4v) is 2.74. The van der Waals surface area contributed by atoms with Crippen LogP contribution in [0.2, 0.25) is 0 Å². The van der Waals surface area contributed by atoms with Gasteiger partial charge in [-0.15, -0.1) is 0 Å². The van der Waals surface area contributed by atoms with Crippen molar-refractivity contribution in [2.24, 2.45) is 11.7 Å². The van der Waals surface area contributed by atoms with Gasteiger partial charge in [-0.3, -0.25) is 9.69 Å². The van der Waals surface area contributed by atoms with E-state index >= 15 is 0 Å². The van der Waals surface area contributed by atoms with E-state index < -0.39 is 0 Å². The van der Waals surface area contributed by atoms with E-state index in [0.717, 1.165) is 38.2 Å². The SMILES string of the molecule is COc1ccc(CN2CCCC(CC(N)=O)C2)cc1. The van der Waals surface area contributed by atoms with E-state index in [4.69, 9.17) is 10.5 Å². The molecule has 4 heteroatoms. The van der Waals surface area contributed by atoms with E-state index in [9.17, 15) is 4.79 Å². The second-order valence-electron chi connectivity index (χ2n) is 5.26. The maximum atomic E-state index is 11.0. The molecule has 0 saturated carbocycles. The number of hydrogen-bond acceptors (Lipinski definition) is 3. The molecule has 4 nitrogen and oxygen atoms in total. The molecular formula is C15H22N2O2. The first-order valence-corrected chi connectivity index (χ1v) is 6.81. The minimum Gasteiger partial charge on any atom is -0.497 e. The van der Waals surface area contributed by atoms with Gasteiger partial charge in [-0.25, -0.2) is 0 Å². The predicted molar refractivity (Wildman–Crippen MR) is 74.8 cm³/mol. The summed E-state index contributed by atoms with van der Waals surface area (Å²) in [6.45, 7) is 3.00. The van der Waals surface area contributed by atoms with Gasteiger partial charge in [-0.05, 0) is 43.0 Å². The van der Waals surface area contributed by atoms with Crippen LogP contribution in [0.3, 0.4) is 0 Å². The van der Waals surface area contributed by atoms with Crippen molar-refractivity contribution in [3.8, 4) is 5.75 Å². The Kier molecular flexibility index (Phi) is 4.80. The van der Waals surface area contributed by atoms with Crippen LogP contribution in [0.25, 0.3) is 0 Å². The van der Waals surface area contributed by atoms with Crippen LogP contribution in [-0.4, -0.2) is 31.0 Å². The summed E-state index contributed by atoms with van der Waals surface area (Å²) in [6, 6.07) is 8.16. The van der Waals surface area contributed by atoms with Crippen LogP contribution >= 0.6 is 0 Å². The molecule has 1 fully saturated rings. The van der Waals surface area contributed by atoms with E-state index in [1.165, 1.54) is 5.56 Å². The second kappa shape index (κ2) is 6.57. The van der Waals surface area contributed by atoms with Gasteiger partial charge < -0.3 is 10.5 Å². The van der Waals surface area contributed by atoms with Crippen molar-refractivity contribution in [1.29, 1.82) is 0 Å². The molecule has 0 bridgehead atoms. The van der Waals surface area contributed by atoms with Crippen LogP contribution in [0.15, 0.2) is 24.3 Å². The van der Waals surface area contributed by atoms with Crippen LogP contribution < -0.4 is 10.5 Å². The summed E-state index contributed by atoms with van der Waals surface area (Å²) in [5.74, 6) is 1.12. The maximum Gasteiger partial charge on any atom is 0.217 e. The van der Waals surface area contributed by atoms with Crippen molar-refractivity contribution < 1.29 is 9.53 Å². The van der Waals surface area contributed by atoms with Gasteiger partial charge in [0.2, 0.25) is 5.91 Å². The number of nitrogens with zero attached hydrogens (tertiary/aromatic N) is 1. The zero-order chi connectivity index (χ0) is 13.7. The zero-order valence-corrected chi connectivity index (χ0v) is 11.5. The van der Waals surface area contributed by atoms with Crippen LogP contribution in [0.5, 0.6) is 5.75 Å². The molecule has 0 spiro atoms. The summed E-state index contributed by atoms with van der Waals surface area (Å²) in [4.78, 5) is 13.4. The summed E-state index contributed by atoms with van der Waals surface area (Å²) in [5, 5.41) is 0. The van der Waals surface area contributed by atoms with E-state index in [1.807, 2.05) is 12.1 Å². The Bertz CT molecular complexity index is 417. The molecule has 1 amide bonds. The van der Waals surface area contributed by atoms with Gasteiger partial charge in [0, 0.05) is 19.5 Å². The lowest BCUT2D eigenvalue weighted by molar-refractivity contribution is -0.119. The smallest absolute Gasteiger partial charge is 0.217 e. The normalized spacial score (nSPS) is 20.2. The van der Waals surface area contributed by atoms with Gasteiger partial charge in [0.15, 0.2) is 0 Å². The Morgan fingerprint density at radius 2 is 2.16 bits per heavy atom. The Labute approximate surface area is 114 Å². The lowest BCUT2D eigenvalue weighted by atomic mass is 9.94. The topological polar surface area (TPSA) is 55.6 Å². The van der Waals surface area contributed by atoms with Crippen molar-refractivity contribution in [2.75, 3.05) is 20.2 Å². The first-order valence-electron chi connectivity index (χ1n) is 6.81. The summed E-state index contributed by atoms with van der Waals surface area (Å²) < 4.78 is 5.15. The van der Waals surface area contributed by atoms with Crippen molar-refractivity contribution in [3.05, 3.63) is 29.8 Å². The molecule has 0 aliphatic carbocycles. The van der Waals surface area contributed by atoms with Gasteiger partial charge in [0.05, 0.1) is 7.11 Å². The first-order chi connectivity index (χ1) is 9.17. The highest BCUT2D eigenvalue weighted by molar-refractivity contribution is 5.74. The summed E-state index contributed by atoms with van der Waals surface area (Å²) in [7, 11) is 1.67. The van der Waals surface area contributed by atoms with E-state index in [1.54, 1.807) is 7.11 Å². The molecule has 2 N–H and O–H groups in total. The molecule has 0 aromatic heterocycles. The molecule has 1 saturated heterocycles. The zero-order valence-electron chi connectivity index (χ0n) is 11.5. The summed E-state index contributed by atoms with van der Waals surface area (Å²) in [6.07, 6.45) is 2.77. The third-order valence-corrected chi connectivity index (χ3v) is 3.66. The fraction of sp³-hybridized carbons (Fsp3) is 0.533. The summed E-state index contributed by atoms with van der Waals surface area (Å²) in [5.41, 5.74) is 6.56. The van der Waals surface area contributed by atoms with E-state index in [0.29, 0.717) is 12.3 Å². The predicted octanol–water partition coefficient (Wildman–Crippen LogP) is 1.78. The molecule has 0 radical (unpaired) electrons. The number of benzene rings is 1. The Morgan fingerprint density at radius 3 is 2.79 bits per heavy atom. The third-order valence-electron chi connectivity index (χ3n) is 3.66. The highest BCUT2D eigenvalue weighted by Gasteiger charge is 2.21. The van der Waals surface area contributed by atoms with Crippen molar-refractivity contribution in [1.82, 2.24) is 4.90 Å². The standard InChI is InChI=1S/C15H22N2O2/c1-19-14-6-4-12(5-7-14)10-17-8-2-3-13(11-17)9-15(16)18/h4-7,13H,2-3,8-11H2,1H3,(H2,16,18). The number of nitrogens with two attached hydrogens (primary N) is 1. The molecular weight excluding hydrogens is 240 g/mol. The number of carbonyl (C=O) groups excluding carboxylic acids is 1. The highest BCUT2D eigenvalue weighted by atomic mass is 16.5. The highest BCUT2D eigenvalue weighted by Crippen LogP contribution is 2.21.